The van der Waals surface area contributed by atoms with E-state index in [4.69, 9.17) is 28.4 Å². The van der Waals surface area contributed by atoms with Crippen molar-refractivity contribution in [2.75, 3.05) is 13.2 Å². The third kappa shape index (κ3) is 8.62. The van der Waals surface area contributed by atoms with Gasteiger partial charge in [-0.2, -0.15) is 5.26 Å². The molecule has 0 N–H and O–H groups in total. The van der Waals surface area contributed by atoms with Gasteiger partial charge in [-0.1, -0.05) is 24.3 Å². The smallest absolute Gasteiger partial charge is 0.303 e. The fourth-order valence-electron chi connectivity index (χ4n) is 4.60. The summed E-state index contributed by atoms with van der Waals surface area (Å²) in [5.74, 6) is -2.28. The van der Waals surface area contributed by atoms with Crippen LogP contribution in [0, 0.1) is 11.3 Å². The van der Waals surface area contributed by atoms with Crippen LogP contribution in [-0.2, 0) is 54.1 Å². The average Bonchev–Trinajstić information content (AvgIpc) is 2.93. The largest absolute Gasteiger partial charge is 0.486 e. The SMILES string of the molecule is CC(=O)OCC1O[C@@H](c2ccc(C#N)c(Cc3ccc(OCC=O)cc3)c2)[C@H](OC(C)=O)C(OC(C)=O)C1OC(C)=O. The molecule has 0 radical (unpaired) electrons. The standard InChI is InChI=1S/C30H31NO11/c1-17(33)38-16-26-28(39-18(2)34)30(41-20(4)36)29(40-19(3)35)27(42-26)22-7-8-23(15-31)24(14-22)13-21-5-9-25(10-6-21)37-12-11-32/h5-11,14,26-30H,12-13,16H2,1-4H3/t26?,27-,28?,29-,30?/m0/s1. The lowest BCUT2D eigenvalue weighted by Crippen LogP contribution is -2.59. The molecule has 1 aliphatic heterocycles. The third-order valence-electron chi connectivity index (χ3n) is 6.21. The summed E-state index contributed by atoms with van der Waals surface area (Å²) in [4.78, 5) is 58.5. The van der Waals surface area contributed by atoms with Crippen molar-refractivity contribution in [1.29, 1.82) is 5.26 Å². The van der Waals surface area contributed by atoms with Crippen LogP contribution >= 0.6 is 0 Å². The number of aldehydes is 1. The number of nitrogens with zero attached hydrogens (tertiary/aromatic N) is 1. The molecule has 3 unspecified atom stereocenters. The lowest BCUT2D eigenvalue weighted by atomic mass is 9.88. The maximum absolute atomic E-state index is 12.2. The van der Waals surface area contributed by atoms with Crippen LogP contribution in [0.15, 0.2) is 42.5 Å². The van der Waals surface area contributed by atoms with E-state index < -0.39 is 54.4 Å². The molecule has 0 bridgehead atoms. The molecule has 1 heterocycles. The maximum Gasteiger partial charge on any atom is 0.303 e. The molecular weight excluding hydrogens is 550 g/mol. The third-order valence-corrected chi connectivity index (χ3v) is 6.21. The number of benzene rings is 2. The molecule has 0 saturated carbocycles. The van der Waals surface area contributed by atoms with Gasteiger partial charge in [-0.3, -0.25) is 24.0 Å². The van der Waals surface area contributed by atoms with Crippen LogP contribution in [0.5, 0.6) is 5.75 Å². The van der Waals surface area contributed by atoms with E-state index in [1.54, 1.807) is 42.5 Å². The van der Waals surface area contributed by atoms with Crippen LogP contribution in [-0.4, -0.2) is 67.8 Å². The number of hydrogen-bond acceptors (Lipinski definition) is 12. The van der Waals surface area contributed by atoms with Gasteiger partial charge in [0.05, 0.1) is 11.6 Å². The molecule has 1 saturated heterocycles. The van der Waals surface area contributed by atoms with Crippen molar-refractivity contribution in [3.05, 3.63) is 64.7 Å². The molecule has 222 valence electrons. The molecule has 42 heavy (non-hydrogen) atoms. The van der Waals surface area contributed by atoms with E-state index in [2.05, 4.69) is 6.07 Å². The van der Waals surface area contributed by atoms with Gasteiger partial charge in [0.1, 0.15) is 31.2 Å². The van der Waals surface area contributed by atoms with Gasteiger partial charge in [0.15, 0.2) is 24.6 Å². The summed E-state index contributed by atoms with van der Waals surface area (Å²) in [6, 6.07) is 14.1. The van der Waals surface area contributed by atoms with Gasteiger partial charge >= 0.3 is 23.9 Å². The molecule has 2 aromatic rings. The van der Waals surface area contributed by atoms with Crippen LogP contribution in [0.2, 0.25) is 0 Å². The summed E-state index contributed by atoms with van der Waals surface area (Å²) in [5.41, 5.74) is 2.30. The van der Waals surface area contributed by atoms with Crippen molar-refractivity contribution in [2.24, 2.45) is 0 Å². The van der Waals surface area contributed by atoms with Crippen molar-refractivity contribution in [2.45, 2.75) is 64.6 Å². The Morgan fingerprint density at radius 3 is 2.05 bits per heavy atom. The van der Waals surface area contributed by atoms with E-state index >= 15 is 0 Å². The molecule has 0 spiro atoms. The Kier molecular flexibility index (Phi) is 11.2. The summed E-state index contributed by atoms with van der Waals surface area (Å²) in [6.07, 6.45) is -5.05. The highest BCUT2D eigenvalue weighted by Crippen LogP contribution is 2.38. The zero-order valence-electron chi connectivity index (χ0n) is 23.6. The highest BCUT2D eigenvalue weighted by Gasteiger charge is 2.52. The molecule has 12 heteroatoms. The number of ether oxygens (including phenoxy) is 6. The lowest BCUT2D eigenvalue weighted by Gasteiger charge is -2.44. The average molecular weight is 582 g/mol. The van der Waals surface area contributed by atoms with E-state index in [0.29, 0.717) is 35.1 Å². The summed E-state index contributed by atoms with van der Waals surface area (Å²) in [5, 5.41) is 9.78. The Morgan fingerprint density at radius 2 is 1.48 bits per heavy atom. The summed E-state index contributed by atoms with van der Waals surface area (Å²) >= 11 is 0. The molecule has 0 aromatic heterocycles. The van der Waals surface area contributed by atoms with E-state index in [1.165, 1.54) is 13.8 Å². The lowest BCUT2D eigenvalue weighted by molar-refractivity contribution is -0.254. The predicted octanol–water partition coefficient (Wildman–Crippen LogP) is 2.52. The van der Waals surface area contributed by atoms with Crippen LogP contribution in [0.4, 0.5) is 0 Å². The van der Waals surface area contributed by atoms with Gasteiger partial charge in [0.25, 0.3) is 0 Å². The Hall–Kier alpha value is -4.76. The van der Waals surface area contributed by atoms with Crippen molar-refractivity contribution in [3.8, 4) is 11.8 Å². The fraction of sp³-hybridized carbons (Fsp3) is 0.400. The zero-order chi connectivity index (χ0) is 30.8. The molecule has 1 aliphatic rings. The van der Waals surface area contributed by atoms with E-state index in [1.807, 2.05) is 0 Å². The van der Waals surface area contributed by atoms with E-state index in [0.717, 1.165) is 19.4 Å². The Labute approximate surface area is 242 Å². The number of nitriles is 1. The highest BCUT2D eigenvalue weighted by atomic mass is 16.7. The first-order valence-electron chi connectivity index (χ1n) is 13.0. The topological polar surface area (TPSA) is 165 Å². The Morgan fingerprint density at radius 1 is 0.857 bits per heavy atom. The molecule has 2 aromatic carbocycles. The zero-order valence-corrected chi connectivity index (χ0v) is 23.6. The minimum Gasteiger partial charge on any atom is -0.486 e. The number of hydrogen-bond donors (Lipinski definition) is 0. The van der Waals surface area contributed by atoms with Crippen molar-refractivity contribution >= 4 is 30.2 Å². The fourth-order valence-corrected chi connectivity index (χ4v) is 4.60. The molecule has 12 nitrogen and oxygen atoms in total. The summed E-state index contributed by atoms with van der Waals surface area (Å²) in [7, 11) is 0. The second-order valence-corrected chi connectivity index (χ2v) is 9.45. The predicted molar refractivity (Wildman–Crippen MR) is 143 cm³/mol. The van der Waals surface area contributed by atoms with Gasteiger partial charge in [-0.25, -0.2) is 0 Å². The van der Waals surface area contributed by atoms with Crippen LogP contribution in [0.3, 0.4) is 0 Å². The highest BCUT2D eigenvalue weighted by molar-refractivity contribution is 5.69. The number of carbonyl (C=O) groups excluding carboxylic acids is 5. The normalized spacial score (nSPS) is 21.3. The molecule has 3 rings (SSSR count). The molecule has 1 fully saturated rings. The molecule has 0 amide bonds. The van der Waals surface area contributed by atoms with E-state index in [9.17, 15) is 29.2 Å². The van der Waals surface area contributed by atoms with Gasteiger partial charge < -0.3 is 28.4 Å². The first-order valence-corrected chi connectivity index (χ1v) is 13.0. The molecule has 0 aliphatic carbocycles. The van der Waals surface area contributed by atoms with Crippen LogP contribution in [0.1, 0.15) is 56.1 Å². The number of esters is 4. The summed E-state index contributed by atoms with van der Waals surface area (Å²) < 4.78 is 33.2. The van der Waals surface area contributed by atoms with Gasteiger partial charge in [-0.05, 0) is 41.3 Å². The first-order chi connectivity index (χ1) is 20.0. The van der Waals surface area contributed by atoms with E-state index in [-0.39, 0.29) is 13.2 Å². The molecule has 5 atom stereocenters. The first kappa shape index (κ1) is 31.8. The second kappa shape index (κ2) is 14.7. The maximum atomic E-state index is 12.2. The van der Waals surface area contributed by atoms with Crippen molar-refractivity contribution in [1.82, 2.24) is 0 Å². The minimum absolute atomic E-state index is 0.0735. The quantitative estimate of drug-likeness (QED) is 0.217. The van der Waals surface area contributed by atoms with Gasteiger partial charge in [0, 0.05) is 27.7 Å². The van der Waals surface area contributed by atoms with Crippen molar-refractivity contribution < 1.29 is 52.4 Å². The van der Waals surface area contributed by atoms with Crippen molar-refractivity contribution in [3.63, 3.8) is 0 Å². The van der Waals surface area contributed by atoms with Gasteiger partial charge in [-0.15, -0.1) is 0 Å². The summed E-state index contributed by atoms with van der Waals surface area (Å²) in [6.45, 7) is 4.23. The number of rotatable bonds is 11. The van der Waals surface area contributed by atoms with Crippen LogP contribution in [0.25, 0.3) is 0 Å². The van der Waals surface area contributed by atoms with Gasteiger partial charge in [0.2, 0.25) is 0 Å². The van der Waals surface area contributed by atoms with Crippen LogP contribution < -0.4 is 4.74 Å². The second-order valence-electron chi connectivity index (χ2n) is 9.45. The minimum atomic E-state index is -1.31. The Bertz CT molecular complexity index is 1350. The number of carbonyl (C=O) groups is 5. The Balaban J connectivity index is 2.05. The molecular formula is C30H31NO11. The monoisotopic (exact) mass is 581 g/mol.